The van der Waals surface area contributed by atoms with Crippen molar-refractivity contribution in [1.29, 1.82) is 0 Å². The topological polar surface area (TPSA) is 0 Å². The van der Waals surface area contributed by atoms with Gasteiger partial charge in [-0.1, -0.05) is 0 Å². The van der Waals surface area contributed by atoms with Gasteiger partial charge in [0.05, 0.1) is 0 Å². The average Bonchev–Trinajstić information content (AvgIpc) is 1.00. The van der Waals surface area contributed by atoms with Crippen molar-refractivity contribution >= 4 is 13.7 Å². The zero-order valence-corrected chi connectivity index (χ0v) is 9.54. The number of hydrogen-bond acceptors (Lipinski definition) is 0. The molecule has 0 nitrogen and oxygen atoms in total. The summed E-state index contributed by atoms with van der Waals surface area (Å²) in [5.74, 6) is 0. The van der Waals surface area contributed by atoms with E-state index >= 15 is 0 Å². The molecule has 0 fully saturated rings. The molecule has 0 aromatic rings. The van der Waals surface area contributed by atoms with Crippen molar-refractivity contribution in [2.75, 3.05) is 0 Å². The molecule has 0 N–H and O–H groups in total. The SMILES string of the molecule is [Cd].[Co]=[Se].[Ni]. The molecule has 0 aromatic carbocycles. The first-order chi connectivity index (χ1) is 1.00. The monoisotopic (exact) mass is 311 g/mol. The Hall–Kier alpha value is 2.44. The van der Waals surface area contributed by atoms with Gasteiger partial charge in [0.1, 0.15) is 0 Å². The fraction of sp³-hybridized carbons (Fsp3) is 0. The zero-order chi connectivity index (χ0) is 2.00. The summed E-state index contributed by atoms with van der Waals surface area (Å²) in [6.45, 7) is 0. The van der Waals surface area contributed by atoms with E-state index in [-0.39, 0.29) is 43.8 Å². The molecular formula is CdCoNiSe. The van der Waals surface area contributed by atoms with E-state index in [1.807, 2.05) is 0 Å². The molecule has 0 amide bonds. The average molecular weight is 309 g/mol. The molecule has 0 radical (unpaired) electrons. The van der Waals surface area contributed by atoms with Crippen LogP contribution in [0.25, 0.3) is 0 Å². The Bertz CT molecular complexity index is 8.00. The van der Waals surface area contributed by atoms with Gasteiger partial charge < -0.3 is 0 Å². The fourth-order valence-corrected chi connectivity index (χ4v) is 0. The quantitative estimate of drug-likeness (QED) is 0.535. The standard InChI is InChI=1S/Cd.Co.Ni.Se. The maximum Gasteiger partial charge on any atom is 0 e. The van der Waals surface area contributed by atoms with Gasteiger partial charge in [0.2, 0.25) is 0 Å². The first kappa shape index (κ1) is 16.1. The van der Waals surface area contributed by atoms with Gasteiger partial charge in [-0.3, -0.25) is 0 Å². The third-order valence-corrected chi connectivity index (χ3v) is 0. The summed E-state index contributed by atoms with van der Waals surface area (Å²) in [4.78, 5) is 0. The summed E-state index contributed by atoms with van der Waals surface area (Å²) in [7, 11) is 0. The molecule has 0 saturated heterocycles. The predicted molar refractivity (Wildman–Crippen MR) is 5.75 cm³/mol. The van der Waals surface area contributed by atoms with Gasteiger partial charge in [-0.2, -0.15) is 0 Å². The van der Waals surface area contributed by atoms with E-state index in [4.69, 9.17) is 0 Å². The summed E-state index contributed by atoms with van der Waals surface area (Å²) >= 11 is 5.75. The van der Waals surface area contributed by atoms with Crippen LogP contribution in [-0.2, 0) is 57.2 Å². The third-order valence-electron chi connectivity index (χ3n) is 0. The van der Waals surface area contributed by atoms with Gasteiger partial charge in [0.15, 0.2) is 0 Å². The van der Waals surface area contributed by atoms with Gasteiger partial charge >= 0.3 is 27.1 Å². The summed E-state index contributed by atoms with van der Waals surface area (Å²) in [5.41, 5.74) is 0. The van der Waals surface area contributed by atoms with Gasteiger partial charge in [-0.15, -0.1) is 0 Å². The van der Waals surface area contributed by atoms with Crippen molar-refractivity contribution in [3.63, 3.8) is 0 Å². The zero-order valence-electron chi connectivity index (χ0n) is 1.76. The summed E-state index contributed by atoms with van der Waals surface area (Å²) in [5, 5.41) is 0. The summed E-state index contributed by atoms with van der Waals surface area (Å²) in [6, 6.07) is 0. The Labute approximate surface area is 69.9 Å². The molecule has 0 heterocycles. The van der Waals surface area contributed by atoms with Gasteiger partial charge in [-0.25, -0.2) is 0 Å². The summed E-state index contributed by atoms with van der Waals surface area (Å²) in [6.07, 6.45) is 0. The Morgan fingerprint density at radius 3 is 1.25 bits per heavy atom. The Morgan fingerprint density at radius 2 is 1.25 bits per heavy atom. The molecular weight excluding hydrogens is 309 g/mol. The first-order valence-electron chi connectivity index (χ1n) is 0.136. The number of rotatable bonds is 0. The Kier molecular flexibility index (Phi) is 72.5. The van der Waals surface area contributed by atoms with Crippen LogP contribution >= 0.6 is 0 Å². The van der Waals surface area contributed by atoms with E-state index in [9.17, 15) is 0 Å². The fourth-order valence-electron chi connectivity index (χ4n) is 0. The van der Waals surface area contributed by atoms with Crippen LogP contribution in [0.4, 0.5) is 0 Å². The van der Waals surface area contributed by atoms with Crippen LogP contribution in [0.5, 0.6) is 0 Å². The molecule has 0 aromatic heterocycles. The van der Waals surface area contributed by atoms with Crippen LogP contribution in [0.15, 0.2) is 0 Å². The third kappa shape index (κ3) is 8.82. The van der Waals surface area contributed by atoms with Crippen LogP contribution in [0.3, 0.4) is 0 Å². The molecule has 4 heavy (non-hydrogen) atoms. The van der Waals surface area contributed by atoms with E-state index in [0.717, 1.165) is 0 Å². The molecule has 0 spiro atoms. The van der Waals surface area contributed by atoms with Crippen molar-refractivity contribution in [2.24, 2.45) is 0 Å². The molecule has 0 atom stereocenters. The molecule has 0 unspecified atom stereocenters. The van der Waals surface area contributed by atoms with Crippen molar-refractivity contribution in [2.45, 2.75) is 0 Å². The second-order valence-corrected chi connectivity index (χ2v) is 0. The van der Waals surface area contributed by atoms with Crippen LogP contribution in [0, 0.1) is 0 Å². The van der Waals surface area contributed by atoms with E-state index < -0.39 is 0 Å². The first-order valence-corrected chi connectivity index (χ1v) is 2.92. The molecule has 4 heteroatoms. The Balaban J connectivity index is -0.00000000500. The molecule has 0 bridgehead atoms. The minimum atomic E-state index is 0. The van der Waals surface area contributed by atoms with E-state index in [0.29, 0.717) is 0 Å². The molecule has 27 valence electrons. The predicted octanol–water partition coefficient (Wildman–Crippen LogP) is -0.388. The second-order valence-electron chi connectivity index (χ2n) is 0. The van der Waals surface area contributed by atoms with Gasteiger partial charge in [-0.05, 0) is 0 Å². The summed E-state index contributed by atoms with van der Waals surface area (Å²) < 4.78 is 0. The van der Waals surface area contributed by atoms with E-state index in [1.54, 1.807) is 0 Å². The maximum absolute atomic E-state index is 3.44. The molecule has 0 saturated carbocycles. The van der Waals surface area contributed by atoms with Gasteiger partial charge in [0, 0.05) is 43.8 Å². The molecule has 0 rings (SSSR count). The van der Waals surface area contributed by atoms with E-state index in [1.165, 1.54) is 0 Å². The largest absolute Gasteiger partial charge is 0 e. The minimum absolute atomic E-state index is 0. The van der Waals surface area contributed by atoms with Crippen LogP contribution < -0.4 is 0 Å². The van der Waals surface area contributed by atoms with Crippen molar-refractivity contribution in [1.82, 2.24) is 0 Å². The minimum Gasteiger partial charge on any atom is 0 e. The van der Waals surface area contributed by atoms with Crippen LogP contribution in [0.2, 0.25) is 0 Å². The Morgan fingerprint density at radius 1 is 1.25 bits per heavy atom. The number of hydrogen-bond donors (Lipinski definition) is 0. The second kappa shape index (κ2) is 18.0. The molecule has 0 aliphatic carbocycles. The van der Waals surface area contributed by atoms with Gasteiger partial charge in [0.25, 0.3) is 0 Å². The maximum atomic E-state index is 3.44. The smallest absolute Gasteiger partial charge is 0 e. The van der Waals surface area contributed by atoms with Crippen molar-refractivity contribution in [3.05, 3.63) is 0 Å². The van der Waals surface area contributed by atoms with Crippen LogP contribution in [-0.4, -0.2) is 13.7 Å². The van der Waals surface area contributed by atoms with Crippen LogP contribution in [0.1, 0.15) is 0 Å². The van der Waals surface area contributed by atoms with E-state index in [2.05, 4.69) is 27.1 Å². The molecule has 0 aliphatic heterocycles. The van der Waals surface area contributed by atoms with Crippen molar-refractivity contribution in [3.8, 4) is 0 Å². The normalized spacial score (nSPS) is 1.25. The van der Waals surface area contributed by atoms with Crippen molar-refractivity contribution < 1.29 is 57.2 Å². The molecule has 0 aliphatic rings.